The predicted octanol–water partition coefficient (Wildman–Crippen LogP) is 3.03. The van der Waals surface area contributed by atoms with Gasteiger partial charge in [0.15, 0.2) is 0 Å². The Balaban J connectivity index is 2.95. The van der Waals surface area contributed by atoms with Crippen molar-refractivity contribution in [2.75, 3.05) is 12.4 Å². The number of hydrogen-bond donors (Lipinski definition) is 1. The molecule has 2 rings (SSSR count). The van der Waals surface area contributed by atoms with Gasteiger partial charge in [0.25, 0.3) is 0 Å². The zero-order valence-electron chi connectivity index (χ0n) is 9.06. The zero-order chi connectivity index (χ0) is 11.0. The maximum atomic E-state index is 13.6. The Morgan fingerprint density at radius 3 is 2.67 bits per heavy atom. The van der Waals surface area contributed by atoms with Crippen molar-refractivity contribution in [2.45, 2.75) is 13.8 Å². The number of anilines is 1. The highest BCUT2D eigenvalue weighted by atomic mass is 19.1. The third-order valence-electron chi connectivity index (χ3n) is 2.52. The van der Waals surface area contributed by atoms with Gasteiger partial charge in [-0.1, -0.05) is 6.07 Å². The van der Waals surface area contributed by atoms with Crippen LogP contribution < -0.4 is 5.32 Å². The molecule has 78 valence electrons. The van der Waals surface area contributed by atoms with E-state index in [4.69, 9.17) is 0 Å². The van der Waals surface area contributed by atoms with Crippen LogP contribution in [0, 0.1) is 19.7 Å². The lowest BCUT2D eigenvalue weighted by molar-refractivity contribution is 0.636. The molecule has 0 amide bonds. The third-order valence-corrected chi connectivity index (χ3v) is 2.52. The minimum atomic E-state index is -0.268. The van der Waals surface area contributed by atoms with Crippen LogP contribution in [-0.2, 0) is 0 Å². The van der Waals surface area contributed by atoms with E-state index in [9.17, 15) is 4.39 Å². The molecular weight excluding hydrogens is 191 g/mol. The van der Waals surface area contributed by atoms with Crippen LogP contribution in [0.4, 0.5) is 10.1 Å². The molecule has 0 bridgehead atoms. The standard InChI is InChI=1S/C12H13FN2/c1-7-4-5-9(13)12-11(7)10(14-3)6-8(2)15-12/h4-6H,1-3H3,(H,14,15). The van der Waals surface area contributed by atoms with Crippen LogP contribution in [0.25, 0.3) is 10.9 Å². The Labute approximate surface area is 88.1 Å². The molecule has 0 fully saturated rings. The first kappa shape index (κ1) is 9.90. The largest absolute Gasteiger partial charge is 0.388 e. The lowest BCUT2D eigenvalue weighted by Gasteiger charge is -2.10. The van der Waals surface area contributed by atoms with Crippen molar-refractivity contribution < 1.29 is 4.39 Å². The molecule has 1 N–H and O–H groups in total. The van der Waals surface area contributed by atoms with E-state index < -0.39 is 0 Å². The summed E-state index contributed by atoms with van der Waals surface area (Å²) >= 11 is 0. The van der Waals surface area contributed by atoms with Crippen molar-refractivity contribution in [3.8, 4) is 0 Å². The Kier molecular flexibility index (Phi) is 2.31. The van der Waals surface area contributed by atoms with Crippen molar-refractivity contribution in [1.29, 1.82) is 0 Å². The molecule has 0 radical (unpaired) electrons. The van der Waals surface area contributed by atoms with Gasteiger partial charge in [0.2, 0.25) is 0 Å². The number of rotatable bonds is 1. The number of hydrogen-bond acceptors (Lipinski definition) is 2. The number of aryl methyl sites for hydroxylation is 2. The normalized spacial score (nSPS) is 10.7. The minimum absolute atomic E-state index is 0.268. The van der Waals surface area contributed by atoms with Crippen LogP contribution in [0.2, 0.25) is 0 Å². The molecule has 3 heteroatoms. The fraction of sp³-hybridized carbons (Fsp3) is 0.250. The van der Waals surface area contributed by atoms with Gasteiger partial charge in [0.05, 0.1) is 0 Å². The molecule has 0 aliphatic carbocycles. The maximum absolute atomic E-state index is 13.6. The summed E-state index contributed by atoms with van der Waals surface area (Å²) in [6.45, 7) is 3.82. The third kappa shape index (κ3) is 1.54. The van der Waals surface area contributed by atoms with Crippen molar-refractivity contribution in [3.63, 3.8) is 0 Å². The average molecular weight is 204 g/mol. The summed E-state index contributed by atoms with van der Waals surface area (Å²) in [5, 5.41) is 3.94. The monoisotopic (exact) mass is 204 g/mol. The Hall–Kier alpha value is -1.64. The predicted molar refractivity (Wildman–Crippen MR) is 60.7 cm³/mol. The summed E-state index contributed by atoms with van der Waals surface area (Å²) in [6, 6.07) is 5.16. The van der Waals surface area contributed by atoms with Gasteiger partial charge >= 0.3 is 0 Å². The van der Waals surface area contributed by atoms with Crippen LogP contribution in [0.1, 0.15) is 11.3 Å². The second kappa shape index (κ2) is 3.50. The smallest absolute Gasteiger partial charge is 0.149 e. The van der Waals surface area contributed by atoms with Gasteiger partial charge in [-0.3, -0.25) is 0 Å². The number of aromatic nitrogens is 1. The SMILES string of the molecule is CNc1cc(C)nc2c(F)ccc(C)c12. The lowest BCUT2D eigenvalue weighted by atomic mass is 10.1. The molecule has 2 aromatic rings. The van der Waals surface area contributed by atoms with Crippen LogP contribution in [0.3, 0.4) is 0 Å². The fourth-order valence-corrected chi connectivity index (χ4v) is 1.80. The minimum Gasteiger partial charge on any atom is -0.388 e. The molecule has 1 aromatic carbocycles. The quantitative estimate of drug-likeness (QED) is 0.772. The van der Waals surface area contributed by atoms with Crippen molar-refractivity contribution in [1.82, 2.24) is 4.98 Å². The molecule has 1 heterocycles. The van der Waals surface area contributed by atoms with Crippen LogP contribution >= 0.6 is 0 Å². The molecule has 2 nitrogen and oxygen atoms in total. The molecule has 0 spiro atoms. The number of nitrogens with one attached hydrogen (secondary N) is 1. The summed E-state index contributed by atoms with van der Waals surface area (Å²) in [5.74, 6) is -0.268. The van der Waals surface area contributed by atoms with E-state index in [1.54, 1.807) is 6.07 Å². The Morgan fingerprint density at radius 2 is 2.00 bits per heavy atom. The van der Waals surface area contributed by atoms with E-state index in [0.29, 0.717) is 5.52 Å². The highest BCUT2D eigenvalue weighted by Crippen LogP contribution is 2.27. The summed E-state index contributed by atoms with van der Waals surface area (Å²) in [6.07, 6.45) is 0. The lowest BCUT2D eigenvalue weighted by Crippen LogP contribution is -1.97. The average Bonchev–Trinajstić information content (AvgIpc) is 2.22. The summed E-state index contributed by atoms with van der Waals surface area (Å²) in [7, 11) is 1.83. The van der Waals surface area contributed by atoms with Crippen LogP contribution in [0.5, 0.6) is 0 Å². The van der Waals surface area contributed by atoms with E-state index in [0.717, 1.165) is 22.3 Å². The molecule has 0 unspecified atom stereocenters. The molecule has 0 saturated heterocycles. The summed E-state index contributed by atoms with van der Waals surface area (Å²) in [4.78, 5) is 4.23. The van der Waals surface area contributed by atoms with Crippen molar-refractivity contribution in [2.24, 2.45) is 0 Å². The molecule has 0 aliphatic rings. The van der Waals surface area contributed by atoms with Crippen molar-refractivity contribution >= 4 is 16.6 Å². The van der Waals surface area contributed by atoms with Gasteiger partial charge in [-0.25, -0.2) is 9.37 Å². The van der Waals surface area contributed by atoms with E-state index in [-0.39, 0.29) is 5.82 Å². The van der Waals surface area contributed by atoms with Gasteiger partial charge in [-0.15, -0.1) is 0 Å². The number of nitrogens with zero attached hydrogens (tertiary/aromatic N) is 1. The van der Waals surface area contributed by atoms with Gasteiger partial charge in [-0.2, -0.15) is 0 Å². The summed E-state index contributed by atoms with van der Waals surface area (Å²) < 4.78 is 13.6. The van der Waals surface area contributed by atoms with E-state index in [2.05, 4.69) is 10.3 Å². The van der Waals surface area contributed by atoms with Gasteiger partial charge in [0.1, 0.15) is 11.3 Å². The zero-order valence-corrected chi connectivity index (χ0v) is 9.06. The second-order valence-electron chi connectivity index (χ2n) is 3.65. The van der Waals surface area contributed by atoms with E-state index in [1.807, 2.05) is 27.0 Å². The van der Waals surface area contributed by atoms with Gasteiger partial charge < -0.3 is 5.32 Å². The number of fused-ring (bicyclic) bond motifs is 1. The maximum Gasteiger partial charge on any atom is 0.149 e. The Morgan fingerprint density at radius 1 is 1.27 bits per heavy atom. The first-order chi connectivity index (χ1) is 7.13. The molecule has 0 saturated carbocycles. The fourth-order valence-electron chi connectivity index (χ4n) is 1.80. The number of benzene rings is 1. The number of halogens is 1. The number of pyridine rings is 1. The highest BCUT2D eigenvalue weighted by Gasteiger charge is 2.09. The molecule has 15 heavy (non-hydrogen) atoms. The second-order valence-corrected chi connectivity index (χ2v) is 3.65. The van der Waals surface area contributed by atoms with E-state index in [1.165, 1.54) is 6.07 Å². The molecular formula is C12H13FN2. The first-order valence-electron chi connectivity index (χ1n) is 4.87. The molecule has 1 aromatic heterocycles. The first-order valence-corrected chi connectivity index (χ1v) is 4.87. The van der Waals surface area contributed by atoms with Gasteiger partial charge in [0, 0.05) is 23.8 Å². The summed E-state index contributed by atoms with van der Waals surface area (Å²) in [5.41, 5.74) is 3.22. The highest BCUT2D eigenvalue weighted by molar-refractivity contribution is 5.94. The van der Waals surface area contributed by atoms with E-state index >= 15 is 0 Å². The van der Waals surface area contributed by atoms with Gasteiger partial charge in [-0.05, 0) is 31.5 Å². The molecule has 0 aliphatic heterocycles. The molecule has 0 atom stereocenters. The van der Waals surface area contributed by atoms with Crippen LogP contribution in [0.15, 0.2) is 18.2 Å². The Bertz CT molecular complexity index is 521. The topological polar surface area (TPSA) is 24.9 Å². The van der Waals surface area contributed by atoms with Crippen molar-refractivity contribution in [3.05, 3.63) is 35.3 Å². The van der Waals surface area contributed by atoms with Crippen LogP contribution in [-0.4, -0.2) is 12.0 Å².